The Bertz CT molecular complexity index is 1860. The molecule has 5 aromatic rings. The summed E-state index contributed by atoms with van der Waals surface area (Å²) in [5.41, 5.74) is 0.153. The molecule has 1 aliphatic heterocycles. The SMILES string of the molecule is O=S(=O)(Nc1nccs1)c1ccc(-n2cnnc2[C@@H]2O[C@H](CO)[C@H](O)[C@H](n3cc(-c4cc(F)c(F)c(F)c4)nn3)[C@H]2O)cc1. The highest BCUT2D eigenvalue weighted by Crippen LogP contribution is 2.38. The lowest BCUT2D eigenvalue weighted by Crippen LogP contribution is -2.53. The van der Waals surface area contributed by atoms with Crippen molar-refractivity contribution in [1.82, 2.24) is 34.7 Å². The van der Waals surface area contributed by atoms with Crippen molar-refractivity contribution in [3.8, 4) is 16.9 Å². The lowest BCUT2D eigenvalue weighted by atomic mass is 9.92. The number of aromatic nitrogens is 7. The van der Waals surface area contributed by atoms with Crippen molar-refractivity contribution in [2.45, 2.75) is 35.4 Å². The zero-order valence-electron chi connectivity index (χ0n) is 22.0. The summed E-state index contributed by atoms with van der Waals surface area (Å²) in [4.78, 5) is 3.86. The third kappa shape index (κ3) is 5.44. The first-order valence-corrected chi connectivity index (χ1v) is 15.1. The number of halogens is 3. The molecule has 4 heterocycles. The summed E-state index contributed by atoms with van der Waals surface area (Å²) in [6.45, 7) is -0.677. The second kappa shape index (κ2) is 11.7. The minimum Gasteiger partial charge on any atom is -0.394 e. The largest absolute Gasteiger partial charge is 0.394 e. The minimum absolute atomic E-state index is 0.0346. The number of nitrogens with one attached hydrogen (secondary N) is 1. The summed E-state index contributed by atoms with van der Waals surface area (Å²) in [5, 5.41) is 49.8. The lowest BCUT2D eigenvalue weighted by molar-refractivity contribution is -0.210. The predicted octanol–water partition coefficient (Wildman–Crippen LogP) is 1.60. The number of rotatable bonds is 8. The third-order valence-corrected chi connectivity index (χ3v) is 9.07. The number of thiazole rings is 1. The molecule has 0 saturated carbocycles. The normalized spacial score (nSPS) is 22.3. The van der Waals surface area contributed by atoms with Gasteiger partial charge in [0.2, 0.25) is 0 Å². The summed E-state index contributed by atoms with van der Waals surface area (Å²) < 4.78 is 77.1. The van der Waals surface area contributed by atoms with Gasteiger partial charge in [-0.15, -0.1) is 26.6 Å². The van der Waals surface area contributed by atoms with E-state index in [0.29, 0.717) is 5.69 Å². The molecule has 6 rings (SSSR count). The zero-order chi connectivity index (χ0) is 31.2. The van der Waals surface area contributed by atoms with E-state index in [1.165, 1.54) is 47.6 Å². The molecule has 14 nitrogen and oxygen atoms in total. The quantitative estimate of drug-likeness (QED) is 0.179. The van der Waals surface area contributed by atoms with Crippen LogP contribution in [-0.2, 0) is 14.8 Å². The molecular weight excluding hydrogens is 629 g/mol. The van der Waals surface area contributed by atoms with Gasteiger partial charge in [0.15, 0.2) is 28.4 Å². The van der Waals surface area contributed by atoms with Crippen LogP contribution in [0.5, 0.6) is 0 Å². The van der Waals surface area contributed by atoms with Crippen LogP contribution in [0.15, 0.2) is 65.4 Å². The van der Waals surface area contributed by atoms with Gasteiger partial charge in [0.25, 0.3) is 10.0 Å². The highest BCUT2D eigenvalue weighted by molar-refractivity contribution is 7.93. The molecule has 19 heteroatoms. The summed E-state index contributed by atoms with van der Waals surface area (Å²) in [6.07, 6.45) is -1.75. The topological polar surface area (TPSA) is 190 Å². The second-order valence-electron chi connectivity index (χ2n) is 9.58. The van der Waals surface area contributed by atoms with Crippen LogP contribution in [0.25, 0.3) is 16.9 Å². The number of nitrogens with zero attached hydrogens (tertiary/aromatic N) is 7. The number of hydrogen-bond donors (Lipinski definition) is 4. The van der Waals surface area contributed by atoms with E-state index in [2.05, 4.69) is 30.2 Å². The van der Waals surface area contributed by atoms with Gasteiger partial charge in [-0.1, -0.05) is 5.21 Å². The van der Waals surface area contributed by atoms with Gasteiger partial charge in [-0.25, -0.2) is 31.3 Å². The average molecular weight is 651 g/mol. The van der Waals surface area contributed by atoms with E-state index in [1.807, 2.05) is 0 Å². The van der Waals surface area contributed by atoms with Gasteiger partial charge in [0, 0.05) is 22.8 Å². The first kappa shape index (κ1) is 29.8. The van der Waals surface area contributed by atoms with Crippen LogP contribution in [0.1, 0.15) is 18.0 Å². The van der Waals surface area contributed by atoms with E-state index in [-0.39, 0.29) is 27.1 Å². The molecule has 5 atom stereocenters. The van der Waals surface area contributed by atoms with E-state index < -0.39 is 64.5 Å². The van der Waals surface area contributed by atoms with Gasteiger partial charge in [-0.3, -0.25) is 9.29 Å². The van der Waals surface area contributed by atoms with Crippen LogP contribution in [0.4, 0.5) is 18.3 Å². The first-order valence-electron chi connectivity index (χ1n) is 12.7. The monoisotopic (exact) mass is 650 g/mol. The van der Waals surface area contributed by atoms with Crippen molar-refractivity contribution in [2.75, 3.05) is 11.3 Å². The van der Waals surface area contributed by atoms with Crippen LogP contribution in [-0.4, -0.2) is 83.4 Å². The first-order chi connectivity index (χ1) is 21.1. The Kier molecular flexibility index (Phi) is 7.90. The molecule has 0 spiro atoms. The molecule has 0 unspecified atom stereocenters. The Morgan fingerprint density at radius 3 is 2.43 bits per heavy atom. The molecule has 1 saturated heterocycles. The van der Waals surface area contributed by atoms with Gasteiger partial charge in [0.05, 0.1) is 17.7 Å². The van der Waals surface area contributed by atoms with Gasteiger partial charge in [-0.2, -0.15) is 0 Å². The van der Waals surface area contributed by atoms with Gasteiger partial charge in [0.1, 0.15) is 42.5 Å². The Morgan fingerprint density at radius 1 is 1.05 bits per heavy atom. The van der Waals surface area contributed by atoms with Crippen LogP contribution in [0.3, 0.4) is 0 Å². The summed E-state index contributed by atoms with van der Waals surface area (Å²) >= 11 is 1.12. The molecule has 1 aliphatic rings. The molecule has 1 fully saturated rings. The van der Waals surface area contributed by atoms with Gasteiger partial charge < -0.3 is 20.1 Å². The molecule has 2 aromatic carbocycles. The number of aliphatic hydroxyl groups excluding tert-OH is 3. The molecule has 44 heavy (non-hydrogen) atoms. The molecular formula is C25H21F3N8O6S2. The van der Waals surface area contributed by atoms with Crippen molar-refractivity contribution >= 4 is 26.5 Å². The highest BCUT2D eigenvalue weighted by Gasteiger charge is 2.48. The average Bonchev–Trinajstić information content (AvgIpc) is 3.79. The molecule has 0 amide bonds. The Morgan fingerprint density at radius 2 is 1.77 bits per heavy atom. The van der Waals surface area contributed by atoms with Gasteiger partial charge >= 0.3 is 0 Å². The zero-order valence-corrected chi connectivity index (χ0v) is 23.6. The maximum atomic E-state index is 13.8. The molecule has 230 valence electrons. The molecule has 4 N–H and O–H groups in total. The summed E-state index contributed by atoms with van der Waals surface area (Å²) in [6, 6.07) is 5.76. The number of ether oxygens (including phenoxy) is 1. The van der Waals surface area contributed by atoms with E-state index in [0.717, 1.165) is 28.2 Å². The van der Waals surface area contributed by atoms with Crippen LogP contribution < -0.4 is 4.72 Å². The van der Waals surface area contributed by atoms with E-state index in [1.54, 1.807) is 5.38 Å². The van der Waals surface area contributed by atoms with Crippen LogP contribution >= 0.6 is 11.3 Å². The van der Waals surface area contributed by atoms with Crippen molar-refractivity contribution in [3.05, 3.63) is 83.8 Å². The molecule has 3 aromatic heterocycles. The molecule has 0 aliphatic carbocycles. The Hall–Kier alpha value is -4.27. The number of hydrogen-bond acceptors (Lipinski definition) is 12. The highest BCUT2D eigenvalue weighted by atomic mass is 32.2. The number of benzene rings is 2. The predicted molar refractivity (Wildman–Crippen MR) is 145 cm³/mol. The third-order valence-electron chi connectivity index (χ3n) is 6.90. The fourth-order valence-electron chi connectivity index (χ4n) is 4.76. The lowest BCUT2D eigenvalue weighted by Gasteiger charge is -2.41. The summed E-state index contributed by atoms with van der Waals surface area (Å²) in [5.74, 6) is -4.51. The minimum atomic E-state index is -3.93. The van der Waals surface area contributed by atoms with Crippen molar-refractivity contribution in [2.24, 2.45) is 0 Å². The van der Waals surface area contributed by atoms with Crippen molar-refractivity contribution < 1.29 is 41.6 Å². The van der Waals surface area contributed by atoms with E-state index in [4.69, 9.17) is 4.74 Å². The smallest absolute Gasteiger partial charge is 0.263 e. The van der Waals surface area contributed by atoms with Crippen molar-refractivity contribution in [3.63, 3.8) is 0 Å². The van der Waals surface area contributed by atoms with Crippen LogP contribution in [0, 0.1) is 17.5 Å². The fourth-order valence-corrected chi connectivity index (χ4v) is 6.55. The Balaban J connectivity index is 1.29. The van der Waals surface area contributed by atoms with Gasteiger partial charge in [-0.05, 0) is 36.4 Å². The van der Waals surface area contributed by atoms with Crippen molar-refractivity contribution in [1.29, 1.82) is 0 Å². The number of sulfonamides is 1. The molecule has 0 bridgehead atoms. The summed E-state index contributed by atoms with van der Waals surface area (Å²) in [7, 11) is -3.93. The maximum absolute atomic E-state index is 13.8. The van der Waals surface area contributed by atoms with E-state index in [9.17, 15) is 36.9 Å². The number of anilines is 1. The molecule has 0 radical (unpaired) electrons. The maximum Gasteiger partial charge on any atom is 0.263 e. The second-order valence-corrected chi connectivity index (χ2v) is 12.2. The standard InChI is InChI=1S/C25H21F3N8O6S2/c26-15-7-12(8-16(27)19(15)28)17-9-36(34-31-17)20-21(38)18(10-37)42-23(22(20)39)24-32-30-11-35(24)13-1-3-14(4-2-13)44(40,41)33-25-29-5-6-43-25/h1-9,11,18,20-23,37-39H,10H2,(H,29,33)/t18-,20+,21+,22-,23-/m1/s1. The fraction of sp³-hybridized carbons (Fsp3) is 0.240. The Labute approximate surface area is 250 Å². The van der Waals surface area contributed by atoms with E-state index >= 15 is 0 Å². The number of aliphatic hydroxyl groups is 3. The van der Waals surface area contributed by atoms with Crippen LogP contribution in [0.2, 0.25) is 0 Å².